The van der Waals surface area contributed by atoms with E-state index in [1.54, 1.807) is 0 Å². The lowest BCUT2D eigenvalue weighted by molar-refractivity contribution is 0.244. The Balaban J connectivity index is 2.03. The third kappa shape index (κ3) is 4.33. The first kappa shape index (κ1) is 16.0. The Morgan fingerprint density at radius 3 is 2.50 bits per heavy atom. The van der Waals surface area contributed by atoms with E-state index in [-0.39, 0.29) is 0 Å². The Bertz CT molecular complexity index is 398. The summed E-state index contributed by atoms with van der Waals surface area (Å²) in [4.78, 5) is 0. The van der Waals surface area contributed by atoms with Gasteiger partial charge >= 0.3 is 0 Å². The van der Waals surface area contributed by atoms with E-state index in [1.165, 1.54) is 48.6 Å². The maximum Gasteiger partial charge on any atom is 0.0320 e. The lowest BCUT2D eigenvalue weighted by atomic mass is 9.82. The van der Waals surface area contributed by atoms with Crippen LogP contribution in [0.2, 0.25) is 0 Å². The van der Waals surface area contributed by atoms with Crippen LogP contribution in [-0.2, 0) is 0 Å². The molecule has 20 heavy (non-hydrogen) atoms. The number of halogens is 1. The molecule has 1 aliphatic rings. The first-order chi connectivity index (χ1) is 9.74. The van der Waals surface area contributed by atoms with E-state index in [2.05, 4.69) is 59.4 Å². The van der Waals surface area contributed by atoms with Crippen molar-refractivity contribution in [1.29, 1.82) is 0 Å². The highest BCUT2D eigenvalue weighted by molar-refractivity contribution is 9.10. The van der Waals surface area contributed by atoms with Crippen LogP contribution in [0.15, 0.2) is 28.7 Å². The van der Waals surface area contributed by atoms with Crippen molar-refractivity contribution >= 4 is 15.9 Å². The van der Waals surface area contributed by atoms with Gasteiger partial charge in [0.1, 0.15) is 0 Å². The minimum absolute atomic E-state index is 0.486. The topological polar surface area (TPSA) is 12.0 Å². The summed E-state index contributed by atoms with van der Waals surface area (Å²) in [5, 5.41) is 3.95. The SMILES string of the molecule is CCC(NC(CC)C1CCCCC1)c1cccc(Br)c1. The van der Waals surface area contributed by atoms with Crippen molar-refractivity contribution < 1.29 is 0 Å². The van der Waals surface area contributed by atoms with Crippen molar-refractivity contribution in [3.8, 4) is 0 Å². The minimum Gasteiger partial charge on any atom is -0.307 e. The Morgan fingerprint density at radius 2 is 1.90 bits per heavy atom. The molecular formula is C18H28BrN. The lowest BCUT2D eigenvalue weighted by Gasteiger charge is -2.33. The minimum atomic E-state index is 0.486. The molecule has 0 amide bonds. The average molecular weight is 338 g/mol. The van der Waals surface area contributed by atoms with Crippen molar-refractivity contribution in [2.45, 2.75) is 70.9 Å². The molecule has 0 radical (unpaired) electrons. The molecule has 1 N–H and O–H groups in total. The molecule has 0 aromatic heterocycles. The quantitative estimate of drug-likeness (QED) is 0.686. The second-order valence-corrected chi connectivity index (χ2v) is 7.01. The lowest BCUT2D eigenvalue weighted by Crippen LogP contribution is -2.39. The maximum absolute atomic E-state index is 3.95. The first-order valence-electron chi connectivity index (χ1n) is 8.26. The van der Waals surface area contributed by atoms with Crippen molar-refractivity contribution in [2.75, 3.05) is 0 Å². The highest BCUT2D eigenvalue weighted by Crippen LogP contribution is 2.30. The molecule has 2 heteroatoms. The summed E-state index contributed by atoms with van der Waals surface area (Å²) in [6.07, 6.45) is 9.53. The molecule has 1 saturated carbocycles. The standard InChI is InChI=1S/C18H28BrN/c1-3-17(14-9-6-5-7-10-14)20-18(4-2)15-11-8-12-16(19)13-15/h8,11-14,17-18,20H,3-7,9-10H2,1-2H3. The molecule has 1 aromatic carbocycles. The average Bonchev–Trinajstić information content (AvgIpc) is 2.49. The van der Waals surface area contributed by atoms with Gasteiger partial charge in [-0.25, -0.2) is 0 Å². The molecule has 1 nitrogen and oxygen atoms in total. The van der Waals surface area contributed by atoms with Gasteiger partial charge in [0.2, 0.25) is 0 Å². The van der Waals surface area contributed by atoms with Crippen LogP contribution in [0.5, 0.6) is 0 Å². The molecule has 0 aliphatic heterocycles. The molecule has 1 fully saturated rings. The molecule has 1 aromatic rings. The van der Waals surface area contributed by atoms with Crippen molar-refractivity contribution in [1.82, 2.24) is 5.32 Å². The van der Waals surface area contributed by atoms with E-state index >= 15 is 0 Å². The van der Waals surface area contributed by atoms with E-state index in [1.807, 2.05) is 0 Å². The molecule has 1 aliphatic carbocycles. The van der Waals surface area contributed by atoms with Crippen LogP contribution in [0, 0.1) is 5.92 Å². The molecule has 112 valence electrons. The maximum atomic E-state index is 3.95. The van der Waals surface area contributed by atoms with Gasteiger partial charge in [-0.3, -0.25) is 0 Å². The smallest absolute Gasteiger partial charge is 0.0320 e. The summed E-state index contributed by atoms with van der Waals surface area (Å²) in [5.41, 5.74) is 1.41. The highest BCUT2D eigenvalue weighted by Gasteiger charge is 2.24. The third-order valence-corrected chi connectivity index (χ3v) is 5.23. The Kier molecular flexibility index (Phi) is 6.57. The summed E-state index contributed by atoms with van der Waals surface area (Å²) < 4.78 is 1.18. The van der Waals surface area contributed by atoms with Crippen molar-refractivity contribution in [3.63, 3.8) is 0 Å². The van der Waals surface area contributed by atoms with Crippen molar-refractivity contribution in [3.05, 3.63) is 34.3 Å². The molecule has 0 heterocycles. The number of hydrogen-bond donors (Lipinski definition) is 1. The molecule has 2 unspecified atom stereocenters. The van der Waals surface area contributed by atoms with Gasteiger partial charge in [0, 0.05) is 16.6 Å². The fraction of sp³-hybridized carbons (Fsp3) is 0.667. The fourth-order valence-electron chi connectivity index (χ4n) is 3.56. The number of benzene rings is 1. The first-order valence-corrected chi connectivity index (χ1v) is 9.05. The summed E-state index contributed by atoms with van der Waals surface area (Å²) in [6.45, 7) is 4.62. The normalized spacial score (nSPS) is 19.8. The molecule has 0 spiro atoms. The van der Waals surface area contributed by atoms with Crippen LogP contribution >= 0.6 is 15.9 Å². The predicted molar refractivity (Wildman–Crippen MR) is 91.0 cm³/mol. The fourth-order valence-corrected chi connectivity index (χ4v) is 3.97. The predicted octanol–water partition coefficient (Wildman–Crippen LogP) is 5.85. The summed E-state index contributed by atoms with van der Waals surface area (Å²) in [5.74, 6) is 0.884. The molecular weight excluding hydrogens is 310 g/mol. The van der Waals surface area contributed by atoms with Gasteiger partial charge in [-0.2, -0.15) is 0 Å². The Morgan fingerprint density at radius 1 is 1.15 bits per heavy atom. The van der Waals surface area contributed by atoms with Crippen LogP contribution in [0.1, 0.15) is 70.4 Å². The number of hydrogen-bond acceptors (Lipinski definition) is 1. The van der Waals surface area contributed by atoms with E-state index in [0.29, 0.717) is 12.1 Å². The zero-order valence-electron chi connectivity index (χ0n) is 12.9. The van der Waals surface area contributed by atoms with Crippen LogP contribution in [0.25, 0.3) is 0 Å². The van der Waals surface area contributed by atoms with E-state index in [4.69, 9.17) is 0 Å². The zero-order chi connectivity index (χ0) is 14.4. The van der Waals surface area contributed by atoms with Crippen LogP contribution in [-0.4, -0.2) is 6.04 Å². The summed E-state index contributed by atoms with van der Waals surface area (Å²) >= 11 is 3.59. The Hall–Kier alpha value is -0.340. The monoisotopic (exact) mass is 337 g/mol. The van der Waals surface area contributed by atoms with E-state index in [9.17, 15) is 0 Å². The zero-order valence-corrected chi connectivity index (χ0v) is 14.5. The highest BCUT2D eigenvalue weighted by atomic mass is 79.9. The summed E-state index contributed by atoms with van der Waals surface area (Å²) in [7, 11) is 0. The van der Waals surface area contributed by atoms with Crippen LogP contribution < -0.4 is 5.32 Å². The third-order valence-electron chi connectivity index (χ3n) is 4.73. The molecule has 0 bridgehead atoms. The number of nitrogens with one attached hydrogen (secondary N) is 1. The van der Waals surface area contributed by atoms with Crippen LogP contribution in [0.4, 0.5) is 0 Å². The summed E-state index contributed by atoms with van der Waals surface area (Å²) in [6, 6.07) is 9.92. The van der Waals surface area contributed by atoms with Gasteiger partial charge in [0.05, 0.1) is 0 Å². The van der Waals surface area contributed by atoms with Gasteiger partial charge in [0.25, 0.3) is 0 Å². The van der Waals surface area contributed by atoms with E-state index in [0.717, 1.165) is 12.3 Å². The Labute approximate surface area is 132 Å². The van der Waals surface area contributed by atoms with Gasteiger partial charge in [-0.05, 0) is 49.3 Å². The van der Waals surface area contributed by atoms with Gasteiger partial charge in [0.15, 0.2) is 0 Å². The van der Waals surface area contributed by atoms with Crippen LogP contribution in [0.3, 0.4) is 0 Å². The second-order valence-electron chi connectivity index (χ2n) is 6.10. The van der Waals surface area contributed by atoms with Gasteiger partial charge < -0.3 is 5.32 Å². The van der Waals surface area contributed by atoms with Crippen molar-refractivity contribution in [2.24, 2.45) is 5.92 Å². The van der Waals surface area contributed by atoms with Gasteiger partial charge in [-0.1, -0.05) is 61.2 Å². The molecule has 2 rings (SSSR count). The van der Waals surface area contributed by atoms with Gasteiger partial charge in [-0.15, -0.1) is 0 Å². The largest absolute Gasteiger partial charge is 0.307 e. The number of rotatable bonds is 6. The molecule has 2 atom stereocenters. The van der Waals surface area contributed by atoms with E-state index < -0.39 is 0 Å². The second kappa shape index (κ2) is 8.19. The molecule has 0 saturated heterocycles.